The summed E-state index contributed by atoms with van der Waals surface area (Å²) in [5.41, 5.74) is -2.16. The minimum Gasteiger partial charge on any atom is -0.468 e. The van der Waals surface area contributed by atoms with Gasteiger partial charge in [-0.25, -0.2) is 9.67 Å². The maximum absolute atomic E-state index is 13.1. The molecule has 1 aromatic carbocycles. The van der Waals surface area contributed by atoms with Crippen molar-refractivity contribution in [3.8, 4) is 11.8 Å². The fraction of sp³-hybridized carbons (Fsp3) is 0.368. The Kier molecular flexibility index (Phi) is 5.95. The van der Waals surface area contributed by atoms with Crippen LogP contribution >= 0.6 is 23.2 Å². The Labute approximate surface area is 185 Å². The second-order valence-corrected chi connectivity index (χ2v) is 7.95. The van der Waals surface area contributed by atoms with Crippen LogP contribution in [0.5, 0.6) is 0 Å². The summed E-state index contributed by atoms with van der Waals surface area (Å²) in [5, 5.41) is 13.1. The Balaban J connectivity index is 2.33. The molecule has 164 valence electrons. The van der Waals surface area contributed by atoms with Gasteiger partial charge in [0, 0.05) is 14.1 Å². The van der Waals surface area contributed by atoms with Crippen LogP contribution in [0.25, 0.3) is 5.69 Å². The number of halogens is 5. The maximum Gasteiger partial charge on any atom is 0.416 e. The van der Waals surface area contributed by atoms with Crippen molar-refractivity contribution in [2.45, 2.75) is 24.4 Å². The average Bonchev–Trinajstić information content (AvgIpc) is 3.40. The molecule has 0 atom stereocenters. The zero-order valence-corrected chi connectivity index (χ0v) is 18.1. The van der Waals surface area contributed by atoms with E-state index in [9.17, 15) is 23.2 Å². The molecule has 0 radical (unpaired) electrons. The Morgan fingerprint density at radius 1 is 1.35 bits per heavy atom. The van der Waals surface area contributed by atoms with E-state index in [0.717, 1.165) is 4.68 Å². The number of hydrogen-bond acceptors (Lipinski definition) is 5. The summed E-state index contributed by atoms with van der Waals surface area (Å²) >= 11 is 12.3. The van der Waals surface area contributed by atoms with Crippen molar-refractivity contribution in [3.05, 3.63) is 39.0 Å². The Bertz CT molecular complexity index is 1090. The predicted octanol–water partition coefficient (Wildman–Crippen LogP) is 4.50. The van der Waals surface area contributed by atoms with E-state index in [1.54, 1.807) is 19.0 Å². The molecule has 0 unspecified atom stereocenters. The number of aromatic nitrogens is 2. The summed E-state index contributed by atoms with van der Waals surface area (Å²) in [7, 11) is 4.62. The van der Waals surface area contributed by atoms with E-state index < -0.39 is 23.1 Å². The molecule has 1 aliphatic rings. The van der Waals surface area contributed by atoms with Crippen molar-refractivity contribution in [1.29, 1.82) is 5.26 Å². The quantitative estimate of drug-likeness (QED) is 0.362. The standard InChI is InChI=1S/C19H16Cl2F3N5O2/c1-28(2)9-26-16-14(18(4-5-18)17(30)31-3)13(8-25)27-29(16)15-11(20)6-10(7-12(15)21)19(22,23)24/h6-7,9H,4-5H2,1-3H3/b26-9+. The summed E-state index contributed by atoms with van der Waals surface area (Å²) in [4.78, 5) is 18.4. The van der Waals surface area contributed by atoms with E-state index in [2.05, 4.69) is 10.1 Å². The minimum atomic E-state index is -4.66. The van der Waals surface area contributed by atoms with Gasteiger partial charge in [0.25, 0.3) is 0 Å². The van der Waals surface area contributed by atoms with Gasteiger partial charge in [-0.2, -0.15) is 23.5 Å². The first-order chi connectivity index (χ1) is 14.5. The molecule has 1 aliphatic carbocycles. The van der Waals surface area contributed by atoms with Gasteiger partial charge in [0.15, 0.2) is 11.5 Å². The number of carbonyl (C=O) groups is 1. The normalized spacial score (nSPS) is 15.1. The molecular weight excluding hydrogens is 458 g/mol. The highest BCUT2D eigenvalue weighted by Crippen LogP contribution is 2.54. The van der Waals surface area contributed by atoms with Crippen molar-refractivity contribution in [2.24, 2.45) is 4.99 Å². The molecule has 0 amide bonds. The van der Waals surface area contributed by atoms with Crippen LogP contribution in [0.3, 0.4) is 0 Å². The summed E-state index contributed by atoms with van der Waals surface area (Å²) in [6.07, 6.45) is -2.46. The molecular formula is C19H16Cl2F3N5O2. The third-order valence-electron chi connectivity index (χ3n) is 4.74. The van der Waals surface area contributed by atoms with E-state index in [0.29, 0.717) is 25.0 Å². The first-order valence-corrected chi connectivity index (χ1v) is 9.61. The summed E-state index contributed by atoms with van der Waals surface area (Å²) in [6, 6.07) is 3.34. The molecule has 0 N–H and O–H groups in total. The van der Waals surface area contributed by atoms with Crippen LogP contribution in [0, 0.1) is 11.3 Å². The number of ether oxygens (including phenoxy) is 1. The first-order valence-electron chi connectivity index (χ1n) is 8.85. The van der Waals surface area contributed by atoms with Gasteiger partial charge in [0.1, 0.15) is 11.8 Å². The van der Waals surface area contributed by atoms with Crippen LogP contribution in [0.15, 0.2) is 17.1 Å². The molecule has 0 saturated heterocycles. The number of esters is 1. The van der Waals surface area contributed by atoms with Crippen LogP contribution in [0.4, 0.5) is 19.0 Å². The number of nitrogens with zero attached hydrogens (tertiary/aromatic N) is 5. The van der Waals surface area contributed by atoms with Gasteiger partial charge in [-0.3, -0.25) is 4.79 Å². The van der Waals surface area contributed by atoms with Crippen LogP contribution in [0.1, 0.15) is 29.7 Å². The zero-order chi connectivity index (χ0) is 23.1. The van der Waals surface area contributed by atoms with Crippen molar-refractivity contribution in [1.82, 2.24) is 14.7 Å². The largest absolute Gasteiger partial charge is 0.468 e. The van der Waals surface area contributed by atoms with E-state index in [4.69, 9.17) is 27.9 Å². The van der Waals surface area contributed by atoms with Crippen molar-refractivity contribution in [3.63, 3.8) is 0 Å². The Morgan fingerprint density at radius 2 is 1.94 bits per heavy atom. The van der Waals surface area contributed by atoms with Gasteiger partial charge in [-0.15, -0.1) is 0 Å². The van der Waals surface area contributed by atoms with Gasteiger partial charge in [0.2, 0.25) is 0 Å². The number of rotatable bonds is 5. The number of benzene rings is 1. The zero-order valence-electron chi connectivity index (χ0n) is 16.6. The van der Waals surface area contributed by atoms with E-state index in [1.165, 1.54) is 13.4 Å². The van der Waals surface area contributed by atoms with Crippen LogP contribution < -0.4 is 0 Å². The lowest BCUT2D eigenvalue weighted by Crippen LogP contribution is -2.22. The number of methoxy groups -OCH3 is 1. The van der Waals surface area contributed by atoms with Gasteiger partial charge in [0.05, 0.1) is 40.0 Å². The smallest absolute Gasteiger partial charge is 0.416 e. The third kappa shape index (κ3) is 4.07. The molecule has 1 fully saturated rings. The van der Waals surface area contributed by atoms with Gasteiger partial charge < -0.3 is 9.64 Å². The number of hydrogen-bond donors (Lipinski definition) is 0. The molecule has 7 nitrogen and oxygen atoms in total. The number of alkyl halides is 3. The van der Waals surface area contributed by atoms with Crippen LogP contribution in [-0.4, -0.2) is 48.2 Å². The molecule has 3 rings (SSSR count). The Morgan fingerprint density at radius 3 is 2.35 bits per heavy atom. The SMILES string of the molecule is COC(=O)C1(c2c(C#N)nn(-c3c(Cl)cc(C(F)(F)F)cc3Cl)c2/N=C/N(C)C)CC1. The second-order valence-electron chi connectivity index (χ2n) is 7.14. The van der Waals surface area contributed by atoms with Crippen LogP contribution in [-0.2, 0) is 21.1 Å². The molecule has 2 aromatic rings. The molecule has 0 aliphatic heterocycles. The third-order valence-corrected chi connectivity index (χ3v) is 5.31. The molecule has 31 heavy (non-hydrogen) atoms. The maximum atomic E-state index is 13.1. The average molecular weight is 474 g/mol. The highest BCUT2D eigenvalue weighted by Gasteiger charge is 2.57. The van der Waals surface area contributed by atoms with E-state index in [-0.39, 0.29) is 32.8 Å². The van der Waals surface area contributed by atoms with E-state index in [1.807, 2.05) is 6.07 Å². The summed E-state index contributed by atoms with van der Waals surface area (Å²) in [5.74, 6) is -0.508. The van der Waals surface area contributed by atoms with Crippen molar-refractivity contribution in [2.75, 3.05) is 21.2 Å². The van der Waals surface area contributed by atoms with Gasteiger partial charge >= 0.3 is 12.1 Å². The number of carbonyl (C=O) groups excluding carboxylic acids is 1. The van der Waals surface area contributed by atoms with Gasteiger partial charge in [-0.05, 0) is 25.0 Å². The second kappa shape index (κ2) is 8.05. The lowest BCUT2D eigenvalue weighted by molar-refractivity contribution is -0.143. The number of aliphatic imine (C=N–C) groups is 1. The van der Waals surface area contributed by atoms with Crippen molar-refractivity contribution >= 4 is 41.3 Å². The van der Waals surface area contributed by atoms with Crippen LogP contribution in [0.2, 0.25) is 10.0 Å². The molecule has 0 bridgehead atoms. The van der Waals surface area contributed by atoms with E-state index >= 15 is 0 Å². The minimum absolute atomic E-state index is 0.0525. The monoisotopic (exact) mass is 473 g/mol. The predicted molar refractivity (Wildman–Crippen MR) is 108 cm³/mol. The lowest BCUT2D eigenvalue weighted by Gasteiger charge is -2.15. The molecule has 1 aromatic heterocycles. The molecule has 1 saturated carbocycles. The summed E-state index contributed by atoms with van der Waals surface area (Å²) in [6.45, 7) is 0. The highest BCUT2D eigenvalue weighted by atomic mass is 35.5. The Hall–Kier alpha value is -2.77. The number of nitriles is 1. The summed E-state index contributed by atoms with van der Waals surface area (Å²) < 4.78 is 45.4. The van der Waals surface area contributed by atoms with Gasteiger partial charge in [-0.1, -0.05) is 23.2 Å². The highest BCUT2D eigenvalue weighted by molar-refractivity contribution is 6.38. The van der Waals surface area contributed by atoms with Crippen molar-refractivity contribution < 1.29 is 22.7 Å². The topological polar surface area (TPSA) is 83.5 Å². The first kappa shape index (κ1) is 22.9. The molecule has 0 spiro atoms. The lowest BCUT2D eigenvalue weighted by atomic mass is 9.95. The fourth-order valence-electron chi connectivity index (χ4n) is 3.18. The fourth-order valence-corrected chi connectivity index (χ4v) is 3.83. The molecule has 12 heteroatoms. The molecule has 1 heterocycles.